The fourth-order valence-corrected chi connectivity index (χ4v) is 2.73. The third-order valence-corrected chi connectivity index (χ3v) is 4.21. The number of benzene rings is 2. The van der Waals surface area contributed by atoms with E-state index in [0.29, 0.717) is 17.5 Å². The van der Waals surface area contributed by atoms with Crippen molar-refractivity contribution in [1.29, 1.82) is 0 Å². The summed E-state index contributed by atoms with van der Waals surface area (Å²) in [6, 6.07) is 17.7. The van der Waals surface area contributed by atoms with Gasteiger partial charge in [0.1, 0.15) is 0 Å². The van der Waals surface area contributed by atoms with Crippen LogP contribution in [0.4, 0.5) is 0 Å². The van der Waals surface area contributed by atoms with Crippen molar-refractivity contribution >= 4 is 17.3 Å². The van der Waals surface area contributed by atoms with Crippen molar-refractivity contribution in [1.82, 2.24) is 5.32 Å². The van der Waals surface area contributed by atoms with Gasteiger partial charge in [-0.25, -0.2) is 0 Å². The summed E-state index contributed by atoms with van der Waals surface area (Å²) >= 11 is 0. The molecule has 4 nitrogen and oxygen atoms in total. The Kier molecular flexibility index (Phi) is 4.96. The second-order valence-electron chi connectivity index (χ2n) is 6.06. The molecule has 2 unspecified atom stereocenters. The maximum atomic E-state index is 12.7. The summed E-state index contributed by atoms with van der Waals surface area (Å²) < 4.78 is 0. The molecule has 0 aromatic heterocycles. The Balaban J connectivity index is 1.74. The zero-order valence-electron chi connectivity index (χ0n) is 13.3. The second kappa shape index (κ2) is 7.32. The van der Waals surface area contributed by atoms with Crippen molar-refractivity contribution in [3.8, 4) is 0 Å². The Morgan fingerprint density at radius 2 is 1.46 bits per heavy atom. The van der Waals surface area contributed by atoms with Gasteiger partial charge in [-0.1, -0.05) is 60.7 Å². The normalized spacial score (nSPS) is 17.1. The van der Waals surface area contributed by atoms with Crippen LogP contribution in [0.1, 0.15) is 33.6 Å². The number of Topliss-reactive ketones (excluding diaryl/α,β-unsaturated/α-hetero) is 3. The van der Waals surface area contributed by atoms with Crippen LogP contribution in [0.2, 0.25) is 0 Å². The van der Waals surface area contributed by atoms with Crippen LogP contribution in [-0.4, -0.2) is 29.9 Å². The quantitative estimate of drug-likeness (QED) is 0.461. The van der Waals surface area contributed by atoms with E-state index in [-0.39, 0.29) is 29.8 Å². The average Bonchev–Trinajstić information content (AvgIpc) is 3.44. The Labute approximate surface area is 140 Å². The lowest BCUT2D eigenvalue weighted by Crippen LogP contribution is -2.28. The summed E-state index contributed by atoms with van der Waals surface area (Å²) in [5, 5.41) is 3.12. The number of hydrogen-bond acceptors (Lipinski definition) is 4. The van der Waals surface area contributed by atoms with Crippen LogP contribution in [0.25, 0.3) is 0 Å². The van der Waals surface area contributed by atoms with Gasteiger partial charge in [-0.2, -0.15) is 0 Å². The topological polar surface area (TPSA) is 73.2 Å². The van der Waals surface area contributed by atoms with Crippen molar-refractivity contribution in [3.63, 3.8) is 0 Å². The molecule has 2 atom stereocenters. The third-order valence-electron chi connectivity index (χ3n) is 4.21. The Morgan fingerprint density at radius 1 is 0.917 bits per heavy atom. The highest BCUT2D eigenvalue weighted by atomic mass is 16.2. The smallest absolute Gasteiger partial charge is 0.173 e. The minimum atomic E-state index is -0.764. The lowest BCUT2D eigenvalue weighted by Gasteiger charge is -2.14. The van der Waals surface area contributed by atoms with Crippen molar-refractivity contribution in [2.75, 3.05) is 6.54 Å². The van der Waals surface area contributed by atoms with Crippen LogP contribution >= 0.6 is 0 Å². The van der Waals surface area contributed by atoms with Crippen LogP contribution < -0.4 is 5.32 Å². The van der Waals surface area contributed by atoms with Crippen LogP contribution in [-0.2, 0) is 4.79 Å². The van der Waals surface area contributed by atoms with Crippen molar-refractivity contribution in [2.45, 2.75) is 18.9 Å². The maximum absolute atomic E-state index is 12.7. The van der Waals surface area contributed by atoms with Gasteiger partial charge in [0.15, 0.2) is 17.3 Å². The van der Waals surface area contributed by atoms with Gasteiger partial charge in [0.2, 0.25) is 0 Å². The second-order valence-corrected chi connectivity index (χ2v) is 6.06. The van der Waals surface area contributed by atoms with E-state index in [0.717, 1.165) is 6.54 Å². The average molecular weight is 321 g/mol. The monoisotopic (exact) mass is 321 g/mol. The Hall–Kier alpha value is -2.59. The summed E-state index contributed by atoms with van der Waals surface area (Å²) in [5.41, 5.74) is 1.02. The molecule has 0 aliphatic carbocycles. The number of carbonyl (C=O) groups excluding carboxylic acids is 3. The van der Waals surface area contributed by atoms with E-state index >= 15 is 0 Å². The minimum Gasteiger partial charge on any atom is -0.311 e. The van der Waals surface area contributed by atoms with Crippen LogP contribution in [0.15, 0.2) is 60.7 Å². The number of rotatable bonds is 8. The first-order chi connectivity index (χ1) is 11.6. The van der Waals surface area contributed by atoms with Gasteiger partial charge in [-0.05, 0) is 6.42 Å². The predicted octanol–water partition coefficient (Wildman–Crippen LogP) is 2.69. The molecule has 0 bridgehead atoms. The molecule has 122 valence electrons. The summed E-state index contributed by atoms with van der Waals surface area (Å²) in [7, 11) is 0. The first kappa shape index (κ1) is 16.3. The summed E-state index contributed by atoms with van der Waals surface area (Å²) in [5.74, 6) is -1.50. The molecule has 0 saturated carbocycles. The Bertz CT molecular complexity index is 736. The molecule has 4 heteroatoms. The third kappa shape index (κ3) is 4.03. The SMILES string of the molecule is O=C(CC(=O)C(CC1CN1)C(=O)c1ccccc1)c1ccccc1. The van der Waals surface area contributed by atoms with E-state index in [1.807, 2.05) is 12.1 Å². The summed E-state index contributed by atoms with van der Waals surface area (Å²) in [6.07, 6.45) is 0.217. The molecule has 3 rings (SSSR count). The molecule has 0 radical (unpaired) electrons. The number of ketones is 3. The summed E-state index contributed by atoms with van der Waals surface area (Å²) in [6.45, 7) is 0.818. The highest BCUT2D eigenvalue weighted by Gasteiger charge is 2.34. The molecule has 24 heavy (non-hydrogen) atoms. The number of carbonyl (C=O) groups is 3. The van der Waals surface area contributed by atoms with Gasteiger partial charge in [0, 0.05) is 23.7 Å². The zero-order chi connectivity index (χ0) is 16.9. The van der Waals surface area contributed by atoms with Gasteiger partial charge < -0.3 is 5.32 Å². The minimum absolute atomic E-state index is 0.193. The van der Waals surface area contributed by atoms with E-state index in [9.17, 15) is 14.4 Å². The van der Waals surface area contributed by atoms with Crippen LogP contribution in [0.3, 0.4) is 0 Å². The van der Waals surface area contributed by atoms with Crippen molar-refractivity contribution in [2.24, 2.45) is 5.92 Å². The van der Waals surface area contributed by atoms with Crippen molar-refractivity contribution < 1.29 is 14.4 Å². The summed E-state index contributed by atoms with van der Waals surface area (Å²) in [4.78, 5) is 37.6. The fourth-order valence-electron chi connectivity index (χ4n) is 2.73. The zero-order valence-corrected chi connectivity index (χ0v) is 13.3. The van der Waals surface area contributed by atoms with Gasteiger partial charge in [-0.15, -0.1) is 0 Å². The van der Waals surface area contributed by atoms with E-state index in [2.05, 4.69) is 5.32 Å². The van der Waals surface area contributed by atoms with Crippen LogP contribution in [0, 0.1) is 5.92 Å². The lowest BCUT2D eigenvalue weighted by molar-refractivity contribution is -0.120. The van der Waals surface area contributed by atoms with Gasteiger partial charge in [0.05, 0.1) is 12.3 Å². The van der Waals surface area contributed by atoms with Crippen LogP contribution in [0.5, 0.6) is 0 Å². The molecule has 1 N–H and O–H groups in total. The molecule has 1 saturated heterocycles. The molecule has 2 aromatic rings. The highest BCUT2D eigenvalue weighted by molar-refractivity contribution is 6.17. The van der Waals surface area contributed by atoms with E-state index in [1.165, 1.54) is 0 Å². The predicted molar refractivity (Wildman–Crippen MR) is 91.1 cm³/mol. The first-order valence-electron chi connectivity index (χ1n) is 8.09. The molecular formula is C20H19NO3. The lowest BCUT2D eigenvalue weighted by atomic mass is 9.87. The number of nitrogens with one attached hydrogen (secondary N) is 1. The molecule has 1 aliphatic heterocycles. The van der Waals surface area contributed by atoms with E-state index < -0.39 is 5.92 Å². The molecular weight excluding hydrogens is 302 g/mol. The first-order valence-corrected chi connectivity index (χ1v) is 8.09. The highest BCUT2D eigenvalue weighted by Crippen LogP contribution is 2.21. The Morgan fingerprint density at radius 3 is 2.00 bits per heavy atom. The largest absolute Gasteiger partial charge is 0.311 e. The molecule has 1 heterocycles. The standard InChI is InChI=1S/C20H19NO3/c22-18(14-7-3-1-4-8-14)12-19(23)17(11-16-13-21-16)20(24)15-9-5-2-6-10-15/h1-10,16-17,21H,11-13H2. The maximum Gasteiger partial charge on any atom is 0.173 e. The van der Waals surface area contributed by atoms with E-state index in [1.54, 1.807) is 48.5 Å². The fraction of sp³-hybridized carbons (Fsp3) is 0.250. The molecule has 1 fully saturated rings. The molecule has 1 aliphatic rings. The van der Waals surface area contributed by atoms with Crippen molar-refractivity contribution in [3.05, 3.63) is 71.8 Å². The van der Waals surface area contributed by atoms with Gasteiger partial charge in [-0.3, -0.25) is 14.4 Å². The molecule has 2 aromatic carbocycles. The number of hydrogen-bond donors (Lipinski definition) is 1. The van der Waals surface area contributed by atoms with Gasteiger partial charge >= 0.3 is 0 Å². The van der Waals surface area contributed by atoms with E-state index in [4.69, 9.17) is 0 Å². The van der Waals surface area contributed by atoms with Gasteiger partial charge in [0.25, 0.3) is 0 Å². The molecule has 0 amide bonds. The molecule has 0 spiro atoms.